The number of hydrogen-bond acceptors (Lipinski definition) is 2. The molecule has 0 radical (unpaired) electrons. The van der Waals surface area contributed by atoms with E-state index in [1.807, 2.05) is 12.4 Å². The van der Waals surface area contributed by atoms with Crippen LogP contribution in [0.1, 0.15) is 50.5 Å². The van der Waals surface area contributed by atoms with E-state index in [1.165, 1.54) is 50.5 Å². The molecule has 1 aromatic heterocycles. The van der Waals surface area contributed by atoms with Crippen molar-refractivity contribution in [2.24, 2.45) is 0 Å². The SMILES string of the molecule is CNC(CCc1ccncc1)/C1=C/CCCCCC1. The molecule has 1 heterocycles. The Morgan fingerprint density at radius 2 is 1.95 bits per heavy atom. The Labute approximate surface area is 117 Å². The van der Waals surface area contributed by atoms with E-state index < -0.39 is 0 Å². The van der Waals surface area contributed by atoms with Gasteiger partial charge in [-0.25, -0.2) is 0 Å². The van der Waals surface area contributed by atoms with Gasteiger partial charge in [-0.3, -0.25) is 4.98 Å². The first-order valence-electron chi connectivity index (χ1n) is 7.65. The molecule has 104 valence electrons. The second kappa shape index (κ2) is 8.11. The van der Waals surface area contributed by atoms with Gasteiger partial charge in [0.05, 0.1) is 0 Å². The van der Waals surface area contributed by atoms with Crippen LogP contribution in [-0.2, 0) is 6.42 Å². The van der Waals surface area contributed by atoms with Gasteiger partial charge in [0.1, 0.15) is 0 Å². The molecule has 1 atom stereocenters. The topological polar surface area (TPSA) is 24.9 Å². The molecular weight excluding hydrogens is 232 g/mol. The van der Waals surface area contributed by atoms with Gasteiger partial charge in [0.25, 0.3) is 0 Å². The highest BCUT2D eigenvalue weighted by Gasteiger charge is 2.13. The zero-order valence-electron chi connectivity index (χ0n) is 12.1. The number of likely N-dealkylation sites (N-methyl/N-ethyl adjacent to an activating group) is 1. The first-order valence-corrected chi connectivity index (χ1v) is 7.65. The Balaban J connectivity index is 1.91. The molecule has 2 nitrogen and oxygen atoms in total. The first kappa shape index (κ1) is 14.3. The molecule has 1 aliphatic carbocycles. The van der Waals surface area contributed by atoms with Crippen LogP contribution in [0.4, 0.5) is 0 Å². The highest BCUT2D eigenvalue weighted by molar-refractivity contribution is 5.15. The highest BCUT2D eigenvalue weighted by Crippen LogP contribution is 2.21. The Morgan fingerprint density at radius 3 is 2.74 bits per heavy atom. The van der Waals surface area contributed by atoms with Crippen LogP contribution in [0, 0.1) is 0 Å². The van der Waals surface area contributed by atoms with Gasteiger partial charge in [0, 0.05) is 18.4 Å². The van der Waals surface area contributed by atoms with Crippen molar-refractivity contribution in [1.82, 2.24) is 10.3 Å². The van der Waals surface area contributed by atoms with Crippen molar-refractivity contribution < 1.29 is 0 Å². The third-order valence-corrected chi connectivity index (χ3v) is 4.09. The second-order valence-corrected chi connectivity index (χ2v) is 5.47. The Kier molecular flexibility index (Phi) is 6.09. The lowest BCUT2D eigenvalue weighted by Gasteiger charge is -2.22. The predicted molar refractivity (Wildman–Crippen MR) is 81.2 cm³/mol. The smallest absolute Gasteiger partial charge is 0.0279 e. The zero-order valence-corrected chi connectivity index (χ0v) is 12.1. The third kappa shape index (κ3) is 4.79. The van der Waals surface area contributed by atoms with E-state index in [4.69, 9.17) is 0 Å². The first-order chi connectivity index (χ1) is 9.40. The normalized spacial score (nSPS) is 21.0. The van der Waals surface area contributed by atoms with E-state index >= 15 is 0 Å². The Hall–Kier alpha value is -1.15. The molecule has 0 fully saturated rings. The fourth-order valence-corrected chi connectivity index (χ4v) is 2.91. The number of aromatic nitrogens is 1. The van der Waals surface area contributed by atoms with Gasteiger partial charge in [-0.05, 0) is 63.3 Å². The Morgan fingerprint density at radius 1 is 1.16 bits per heavy atom. The molecule has 0 saturated heterocycles. The second-order valence-electron chi connectivity index (χ2n) is 5.47. The van der Waals surface area contributed by atoms with E-state index in [1.54, 1.807) is 5.57 Å². The minimum absolute atomic E-state index is 0.547. The number of allylic oxidation sites excluding steroid dienone is 1. The van der Waals surface area contributed by atoms with Crippen LogP contribution < -0.4 is 5.32 Å². The predicted octanol–water partition coefficient (Wildman–Crippen LogP) is 3.88. The summed E-state index contributed by atoms with van der Waals surface area (Å²) in [4.78, 5) is 4.08. The zero-order chi connectivity index (χ0) is 13.3. The fourth-order valence-electron chi connectivity index (χ4n) is 2.91. The van der Waals surface area contributed by atoms with Crippen LogP contribution in [0.3, 0.4) is 0 Å². The van der Waals surface area contributed by atoms with Gasteiger partial charge in [-0.1, -0.05) is 24.5 Å². The molecule has 2 rings (SSSR count). The number of hydrogen-bond donors (Lipinski definition) is 1. The molecule has 1 unspecified atom stereocenters. The van der Waals surface area contributed by atoms with Gasteiger partial charge in [-0.2, -0.15) is 0 Å². The summed E-state index contributed by atoms with van der Waals surface area (Å²) in [5.41, 5.74) is 3.03. The summed E-state index contributed by atoms with van der Waals surface area (Å²) in [5, 5.41) is 3.51. The lowest BCUT2D eigenvalue weighted by molar-refractivity contribution is 0.535. The lowest BCUT2D eigenvalue weighted by Crippen LogP contribution is -2.28. The summed E-state index contributed by atoms with van der Waals surface area (Å²) in [6.07, 6.45) is 16.7. The maximum absolute atomic E-state index is 4.08. The van der Waals surface area contributed by atoms with E-state index in [0.29, 0.717) is 6.04 Å². The van der Waals surface area contributed by atoms with Crippen LogP contribution >= 0.6 is 0 Å². The quantitative estimate of drug-likeness (QED) is 0.811. The maximum atomic E-state index is 4.08. The lowest BCUT2D eigenvalue weighted by atomic mass is 9.92. The van der Waals surface area contributed by atoms with Crippen molar-refractivity contribution >= 4 is 0 Å². The van der Waals surface area contributed by atoms with Gasteiger partial charge < -0.3 is 5.32 Å². The number of aryl methyl sites for hydroxylation is 1. The molecule has 0 spiro atoms. The third-order valence-electron chi connectivity index (χ3n) is 4.09. The van der Waals surface area contributed by atoms with Crippen LogP contribution in [0.15, 0.2) is 36.2 Å². The minimum Gasteiger partial charge on any atom is -0.313 e. The molecule has 0 bridgehead atoms. The summed E-state index contributed by atoms with van der Waals surface area (Å²) < 4.78 is 0. The van der Waals surface area contributed by atoms with Gasteiger partial charge in [0.15, 0.2) is 0 Å². The summed E-state index contributed by atoms with van der Waals surface area (Å²) in [6.45, 7) is 0. The molecule has 2 heteroatoms. The van der Waals surface area contributed by atoms with Gasteiger partial charge in [0.2, 0.25) is 0 Å². The van der Waals surface area contributed by atoms with Crippen molar-refractivity contribution in [2.45, 2.75) is 57.4 Å². The van der Waals surface area contributed by atoms with Crippen LogP contribution in [0.5, 0.6) is 0 Å². The van der Waals surface area contributed by atoms with Gasteiger partial charge >= 0.3 is 0 Å². The monoisotopic (exact) mass is 258 g/mol. The van der Waals surface area contributed by atoms with Crippen LogP contribution in [-0.4, -0.2) is 18.1 Å². The summed E-state index contributed by atoms with van der Waals surface area (Å²) in [5.74, 6) is 0. The van der Waals surface area contributed by atoms with Gasteiger partial charge in [-0.15, -0.1) is 0 Å². The van der Waals surface area contributed by atoms with Crippen molar-refractivity contribution in [3.05, 3.63) is 41.7 Å². The molecule has 0 aromatic carbocycles. The molecule has 1 aromatic rings. The molecule has 0 saturated carbocycles. The highest BCUT2D eigenvalue weighted by atomic mass is 14.9. The average molecular weight is 258 g/mol. The van der Waals surface area contributed by atoms with Crippen molar-refractivity contribution in [3.8, 4) is 0 Å². The number of nitrogens with zero attached hydrogens (tertiary/aromatic N) is 1. The molecule has 1 aliphatic rings. The van der Waals surface area contributed by atoms with E-state index in [9.17, 15) is 0 Å². The molecule has 19 heavy (non-hydrogen) atoms. The molecule has 0 amide bonds. The minimum atomic E-state index is 0.547. The average Bonchev–Trinajstić information content (AvgIpc) is 2.42. The largest absolute Gasteiger partial charge is 0.313 e. The van der Waals surface area contributed by atoms with Crippen LogP contribution in [0.25, 0.3) is 0 Å². The van der Waals surface area contributed by atoms with Crippen molar-refractivity contribution in [2.75, 3.05) is 7.05 Å². The van der Waals surface area contributed by atoms with E-state index in [-0.39, 0.29) is 0 Å². The number of pyridine rings is 1. The van der Waals surface area contributed by atoms with Crippen molar-refractivity contribution in [1.29, 1.82) is 0 Å². The molecule has 0 aliphatic heterocycles. The molecule has 1 N–H and O–H groups in total. The van der Waals surface area contributed by atoms with E-state index in [2.05, 4.69) is 35.6 Å². The number of nitrogens with one attached hydrogen (secondary N) is 1. The van der Waals surface area contributed by atoms with E-state index in [0.717, 1.165) is 6.42 Å². The maximum Gasteiger partial charge on any atom is 0.0279 e. The van der Waals surface area contributed by atoms with Crippen LogP contribution in [0.2, 0.25) is 0 Å². The number of rotatable bonds is 5. The summed E-state index contributed by atoms with van der Waals surface area (Å²) in [7, 11) is 2.09. The molecular formula is C17H26N2. The summed E-state index contributed by atoms with van der Waals surface area (Å²) >= 11 is 0. The standard InChI is InChI=1S/C17H26N2/c1-18-17(10-9-15-11-13-19-14-12-15)16-7-5-3-2-4-6-8-16/h7,11-14,17-18H,2-6,8-10H2,1H3/b16-7+. The summed E-state index contributed by atoms with van der Waals surface area (Å²) in [6, 6.07) is 4.80. The van der Waals surface area contributed by atoms with Crippen molar-refractivity contribution in [3.63, 3.8) is 0 Å². The fraction of sp³-hybridized carbons (Fsp3) is 0.588. The Bertz CT molecular complexity index is 384.